The van der Waals surface area contributed by atoms with Crippen molar-refractivity contribution in [2.45, 2.75) is 13.0 Å². The molecule has 0 saturated carbocycles. The summed E-state index contributed by atoms with van der Waals surface area (Å²) >= 11 is 0. The Labute approximate surface area is 105 Å². The molecular weight excluding hydrogens is 228 g/mol. The van der Waals surface area contributed by atoms with Gasteiger partial charge in [0, 0.05) is 24.0 Å². The average molecular weight is 242 g/mol. The summed E-state index contributed by atoms with van der Waals surface area (Å²) < 4.78 is 0. The average Bonchev–Trinajstić information content (AvgIpc) is 3.05. The Morgan fingerprint density at radius 2 is 2.33 bits per heavy atom. The monoisotopic (exact) mass is 242 g/mol. The molecule has 0 radical (unpaired) electrons. The number of carbonyl (C=O) groups is 1. The lowest BCUT2D eigenvalue weighted by atomic mass is 10.1. The molecule has 1 amide bonds. The molecule has 0 unspecified atom stereocenters. The van der Waals surface area contributed by atoms with Crippen molar-refractivity contribution in [3.05, 3.63) is 47.3 Å². The highest BCUT2D eigenvalue weighted by atomic mass is 16.1. The van der Waals surface area contributed by atoms with Crippen LogP contribution in [0.15, 0.2) is 30.5 Å². The first-order valence-corrected chi connectivity index (χ1v) is 5.96. The van der Waals surface area contributed by atoms with Crippen LogP contribution < -0.4 is 10.6 Å². The summed E-state index contributed by atoms with van der Waals surface area (Å²) in [6, 6.07) is 7.61. The zero-order chi connectivity index (χ0) is 12.4. The predicted octanol–water partition coefficient (Wildman–Crippen LogP) is 1.31. The number of carbonyl (C=O) groups excluding carboxylic acids is 1. The minimum absolute atomic E-state index is 0.0562. The number of rotatable bonds is 3. The number of aromatic nitrogens is 2. The quantitative estimate of drug-likeness (QED) is 0.760. The normalized spacial score (nSPS) is 12.9. The van der Waals surface area contributed by atoms with Crippen molar-refractivity contribution in [3.63, 3.8) is 0 Å². The topological polar surface area (TPSA) is 69.8 Å². The molecule has 2 heterocycles. The van der Waals surface area contributed by atoms with Crippen LogP contribution in [-0.4, -0.2) is 22.6 Å². The van der Waals surface area contributed by atoms with Crippen LogP contribution in [0.5, 0.6) is 0 Å². The fourth-order valence-electron chi connectivity index (χ4n) is 2.11. The summed E-state index contributed by atoms with van der Waals surface area (Å²) in [6.07, 6.45) is 2.65. The fraction of sp³-hybridized carbons (Fsp3) is 0.231. The number of hydrogen-bond acceptors (Lipinski definition) is 3. The van der Waals surface area contributed by atoms with E-state index in [1.54, 1.807) is 6.20 Å². The van der Waals surface area contributed by atoms with Crippen molar-refractivity contribution in [1.29, 1.82) is 0 Å². The minimum Gasteiger partial charge on any atom is -0.384 e. The molecular formula is C13H14N4O. The molecule has 5 nitrogen and oxygen atoms in total. The van der Waals surface area contributed by atoms with E-state index in [4.69, 9.17) is 0 Å². The molecule has 18 heavy (non-hydrogen) atoms. The minimum atomic E-state index is -0.0562. The Kier molecular flexibility index (Phi) is 2.72. The molecule has 3 N–H and O–H groups in total. The van der Waals surface area contributed by atoms with Gasteiger partial charge in [0.25, 0.3) is 5.91 Å². The SMILES string of the molecule is O=C(NCc1ccn[nH]1)c1ccc2c(c1)CCN2. The maximum absolute atomic E-state index is 12.0. The van der Waals surface area contributed by atoms with E-state index in [9.17, 15) is 4.79 Å². The van der Waals surface area contributed by atoms with Gasteiger partial charge in [-0.25, -0.2) is 0 Å². The highest BCUT2D eigenvalue weighted by Crippen LogP contribution is 2.22. The Morgan fingerprint density at radius 3 is 3.17 bits per heavy atom. The van der Waals surface area contributed by atoms with Gasteiger partial charge in [-0.05, 0) is 36.2 Å². The van der Waals surface area contributed by atoms with E-state index in [1.807, 2.05) is 24.3 Å². The van der Waals surface area contributed by atoms with Crippen LogP contribution in [0.3, 0.4) is 0 Å². The number of hydrogen-bond donors (Lipinski definition) is 3. The standard InChI is InChI=1S/C13H14N4O/c18-13(15-8-11-4-6-16-17-11)10-1-2-12-9(7-10)3-5-14-12/h1-2,4,6-7,14H,3,5,8H2,(H,15,18)(H,16,17). The van der Waals surface area contributed by atoms with Crippen LogP contribution in [0.4, 0.5) is 5.69 Å². The van der Waals surface area contributed by atoms with Crippen LogP contribution in [0.25, 0.3) is 0 Å². The number of benzene rings is 1. The van der Waals surface area contributed by atoms with E-state index in [2.05, 4.69) is 20.8 Å². The molecule has 3 rings (SSSR count). The van der Waals surface area contributed by atoms with Gasteiger partial charge in [-0.1, -0.05) is 0 Å². The fourth-order valence-corrected chi connectivity index (χ4v) is 2.11. The smallest absolute Gasteiger partial charge is 0.251 e. The molecule has 0 bridgehead atoms. The number of amides is 1. The number of fused-ring (bicyclic) bond motifs is 1. The van der Waals surface area contributed by atoms with Crippen molar-refractivity contribution in [2.75, 3.05) is 11.9 Å². The van der Waals surface area contributed by atoms with Gasteiger partial charge >= 0.3 is 0 Å². The van der Waals surface area contributed by atoms with Crippen LogP contribution in [-0.2, 0) is 13.0 Å². The van der Waals surface area contributed by atoms with E-state index in [0.29, 0.717) is 12.1 Å². The zero-order valence-corrected chi connectivity index (χ0v) is 9.86. The molecule has 1 aromatic heterocycles. The van der Waals surface area contributed by atoms with Crippen molar-refractivity contribution < 1.29 is 4.79 Å². The van der Waals surface area contributed by atoms with Crippen LogP contribution in [0.2, 0.25) is 0 Å². The molecule has 1 aliphatic heterocycles. The maximum Gasteiger partial charge on any atom is 0.251 e. The molecule has 0 saturated heterocycles. The van der Waals surface area contributed by atoms with Crippen molar-refractivity contribution in [1.82, 2.24) is 15.5 Å². The van der Waals surface area contributed by atoms with E-state index in [0.717, 1.165) is 24.3 Å². The molecule has 0 atom stereocenters. The molecule has 0 aliphatic carbocycles. The van der Waals surface area contributed by atoms with Gasteiger partial charge in [-0.3, -0.25) is 9.89 Å². The van der Waals surface area contributed by atoms with Crippen LogP contribution >= 0.6 is 0 Å². The van der Waals surface area contributed by atoms with Gasteiger partial charge in [0.05, 0.1) is 12.2 Å². The van der Waals surface area contributed by atoms with E-state index >= 15 is 0 Å². The second-order valence-corrected chi connectivity index (χ2v) is 4.31. The van der Waals surface area contributed by atoms with E-state index in [1.165, 1.54) is 5.56 Å². The second kappa shape index (κ2) is 4.52. The van der Waals surface area contributed by atoms with Gasteiger partial charge < -0.3 is 10.6 Å². The highest BCUT2D eigenvalue weighted by Gasteiger charge is 2.13. The zero-order valence-electron chi connectivity index (χ0n) is 9.86. The molecule has 0 fully saturated rings. The Bertz CT molecular complexity index is 562. The van der Waals surface area contributed by atoms with Crippen molar-refractivity contribution in [2.24, 2.45) is 0 Å². The summed E-state index contributed by atoms with van der Waals surface area (Å²) in [5, 5.41) is 12.8. The first-order chi connectivity index (χ1) is 8.83. The number of nitrogens with one attached hydrogen (secondary N) is 3. The number of H-pyrrole nitrogens is 1. The first-order valence-electron chi connectivity index (χ1n) is 5.96. The number of nitrogens with zero attached hydrogens (tertiary/aromatic N) is 1. The lowest BCUT2D eigenvalue weighted by Gasteiger charge is -2.05. The van der Waals surface area contributed by atoms with Crippen LogP contribution in [0.1, 0.15) is 21.6 Å². The Balaban J connectivity index is 1.69. The summed E-state index contributed by atoms with van der Waals surface area (Å²) in [4.78, 5) is 12.0. The second-order valence-electron chi connectivity index (χ2n) is 4.31. The summed E-state index contributed by atoms with van der Waals surface area (Å²) in [6.45, 7) is 1.42. The highest BCUT2D eigenvalue weighted by molar-refractivity contribution is 5.95. The van der Waals surface area contributed by atoms with E-state index < -0.39 is 0 Å². The van der Waals surface area contributed by atoms with Gasteiger partial charge in [-0.15, -0.1) is 0 Å². The van der Waals surface area contributed by atoms with Crippen LogP contribution in [0, 0.1) is 0 Å². The molecule has 5 heteroatoms. The third kappa shape index (κ3) is 2.07. The predicted molar refractivity (Wildman–Crippen MR) is 68.4 cm³/mol. The first kappa shape index (κ1) is 10.8. The lowest BCUT2D eigenvalue weighted by Crippen LogP contribution is -2.23. The largest absolute Gasteiger partial charge is 0.384 e. The van der Waals surface area contributed by atoms with Gasteiger partial charge in [0.1, 0.15) is 0 Å². The molecule has 1 aliphatic rings. The van der Waals surface area contributed by atoms with Gasteiger partial charge in [-0.2, -0.15) is 5.10 Å². The summed E-state index contributed by atoms with van der Waals surface area (Å²) in [5.41, 5.74) is 3.95. The number of anilines is 1. The Morgan fingerprint density at radius 1 is 1.39 bits per heavy atom. The molecule has 92 valence electrons. The lowest BCUT2D eigenvalue weighted by molar-refractivity contribution is 0.0950. The third-order valence-electron chi connectivity index (χ3n) is 3.08. The summed E-state index contributed by atoms with van der Waals surface area (Å²) in [7, 11) is 0. The molecule has 2 aromatic rings. The molecule has 1 aromatic carbocycles. The van der Waals surface area contributed by atoms with E-state index in [-0.39, 0.29) is 5.91 Å². The molecule has 0 spiro atoms. The van der Waals surface area contributed by atoms with Gasteiger partial charge in [0.15, 0.2) is 0 Å². The third-order valence-corrected chi connectivity index (χ3v) is 3.08. The van der Waals surface area contributed by atoms with Gasteiger partial charge in [0.2, 0.25) is 0 Å². The van der Waals surface area contributed by atoms with Crippen molar-refractivity contribution in [3.8, 4) is 0 Å². The van der Waals surface area contributed by atoms with Crippen molar-refractivity contribution >= 4 is 11.6 Å². The summed E-state index contributed by atoms with van der Waals surface area (Å²) in [5.74, 6) is -0.0562. The number of aromatic amines is 1. The maximum atomic E-state index is 12.0. The Hall–Kier alpha value is -2.30.